The summed E-state index contributed by atoms with van der Waals surface area (Å²) in [6.45, 7) is 2.01. The molecule has 0 saturated heterocycles. The number of nitrogens with zero attached hydrogens (tertiary/aromatic N) is 6. The second-order valence-corrected chi connectivity index (χ2v) is 3.10. The third kappa shape index (κ3) is 0.875. The van der Waals surface area contributed by atoms with E-state index in [1.165, 1.54) is 4.63 Å². The molecule has 0 spiro atoms. The van der Waals surface area contributed by atoms with Gasteiger partial charge in [-0.1, -0.05) is 10.7 Å². The van der Waals surface area contributed by atoms with Gasteiger partial charge in [0.2, 0.25) is 5.65 Å². The predicted molar refractivity (Wildman–Crippen MR) is 48.6 cm³/mol. The third-order valence-electron chi connectivity index (χ3n) is 2.08. The summed E-state index contributed by atoms with van der Waals surface area (Å²) in [6, 6.07) is 5.90. The van der Waals surface area contributed by atoms with Gasteiger partial charge in [-0.2, -0.15) is 0 Å². The quantitative estimate of drug-likeness (QED) is 0.507. The summed E-state index contributed by atoms with van der Waals surface area (Å²) in [7, 11) is 0. The number of benzene rings is 1. The van der Waals surface area contributed by atoms with Gasteiger partial charge in [0.05, 0.1) is 10.9 Å². The van der Waals surface area contributed by atoms with Crippen LogP contribution in [0.3, 0.4) is 0 Å². The van der Waals surface area contributed by atoms with Gasteiger partial charge in [0.15, 0.2) is 0 Å². The standard InChI is InChI=1S/C8H6N6/c1-5-2-3-6-7(4-5)9-12-14-8(6)10-11-13-14/h2-4H,1H3. The lowest BCUT2D eigenvalue weighted by Crippen LogP contribution is -1.98. The maximum Gasteiger partial charge on any atom is 0.211 e. The number of fused-ring (bicyclic) bond motifs is 3. The van der Waals surface area contributed by atoms with Crippen molar-refractivity contribution in [3.63, 3.8) is 0 Å². The van der Waals surface area contributed by atoms with E-state index in [2.05, 4.69) is 25.8 Å². The zero-order chi connectivity index (χ0) is 9.54. The molecular formula is C8H6N6. The smallest absolute Gasteiger partial charge is 0.130 e. The van der Waals surface area contributed by atoms with Gasteiger partial charge in [-0.25, -0.2) is 0 Å². The first-order valence-corrected chi connectivity index (χ1v) is 4.16. The Kier molecular flexibility index (Phi) is 1.27. The molecule has 1 aromatic carbocycles. The molecule has 0 aliphatic heterocycles. The molecule has 0 saturated carbocycles. The molecule has 0 atom stereocenters. The van der Waals surface area contributed by atoms with E-state index in [1.54, 1.807) is 0 Å². The molecule has 0 amide bonds. The van der Waals surface area contributed by atoms with Crippen LogP contribution in [0, 0.1) is 6.92 Å². The molecule has 0 N–H and O–H groups in total. The Morgan fingerprint density at radius 2 is 2.07 bits per heavy atom. The highest BCUT2D eigenvalue weighted by atomic mass is 15.6. The van der Waals surface area contributed by atoms with Gasteiger partial charge in [0.25, 0.3) is 0 Å². The Hall–Kier alpha value is -2.11. The molecular weight excluding hydrogens is 180 g/mol. The molecule has 3 aromatic rings. The average Bonchev–Trinajstić information content (AvgIpc) is 2.65. The maximum absolute atomic E-state index is 4.01. The number of hydrogen-bond donors (Lipinski definition) is 0. The Labute approximate surface area is 78.5 Å². The molecule has 6 heteroatoms. The van der Waals surface area contributed by atoms with E-state index in [-0.39, 0.29) is 0 Å². The van der Waals surface area contributed by atoms with Crippen LogP contribution in [0.5, 0.6) is 0 Å². The maximum atomic E-state index is 4.01. The first kappa shape index (κ1) is 7.31. The lowest BCUT2D eigenvalue weighted by molar-refractivity contribution is 0.688. The number of tetrazole rings is 1. The lowest BCUT2D eigenvalue weighted by atomic mass is 10.2. The monoisotopic (exact) mass is 186 g/mol. The summed E-state index contributed by atoms with van der Waals surface area (Å²) in [6.07, 6.45) is 0. The van der Waals surface area contributed by atoms with Gasteiger partial charge in [-0.05, 0) is 40.3 Å². The Morgan fingerprint density at radius 1 is 1.14 bits per heavy atom. The van der Waals surface area contributed by atoms with Crippen LogP contribution in [0.1, 0.15) is 5.56 Å². The zero-order valence-corrected chi connectivity index (χ0v) is 7.42. The summed E-state index contributed by atoms with van der Waals surface area (Å²) in [5.41, 5.74) is 2.59. The molecule has 0 fully saturated rings. The minimum Gasteiger partial charge on any atom is -0.130 e. The Morgan fingerprint density at radius 3 is 3.00 bits per heavy atom. The van der Waals surface area contributed by atoms with Crippen molar-refractivity contribution in [2.75, 3.05) is 0 Å². The molecule has 3 rings (SSSR count). The minimum atomic E-state index is 0.634. The van der Waals surface area contributed by atoms with E-state index in [0.29, 0.717) is 5.65 Å². The number of aryl methyl sites for hydroxylation is 1. The van der Waals surface area contributed by atoms with Gasteiger partial charge in [0, 0.05) is 0 Å². The van der Waals surface area contributed by atoms with Crippen molar-refractivity contribution in [1.29, 1.82) is 0 Å². The van der Waals surface area contributed by atoms with Crippen molar-refractivity contribution in [3.8, 4) is 0 Å². The summed E-state index contributed by atoms with van der Waals surface area (Å²) < 4.78 is 1.32. The largest absolute Gasteiger partial charge is 0.211 e. The highest BCUT2D eigenvalue weighted by Gasteiger charge is 2.05. The summed E-state index contributed by atoms with van der Waals surface area (Å²) in [5.74, 6) is 0. The van der Waals surface area contributed by atoms with Crippen LogP contribution < -0.4 is 0 Å². The molecule has 0 radical (unpaired) electrons. The highest BCUT2D eigenvalue weighted by Crippen LogP contribution is 2.15. The van der Waals surface area contributed by atoms with Gasteiger partial charge in [-0.15, -0.1) is 10.2 Å². The fraction of sp³-hybridized carbons (Fsp3) is 0.125. The first-order chi connectivity index (χ1) is 6.84. The van der Waals surface area contributed by atoms with Crippen molar-refractivity contribution in [3.05, 3.63) is 23.8 Å². The van der Waals surface area contributed by atoms with Crippen LogP contribution in [-0.2, 0) is 0 Å². The number of hydrogen-bond acceptors (Lipinski definition) is 5. The van der Waals surface area contributed by atoms with E-state index < -0.39 is 0 Å². The number of rotatable bonds is 0. The van der Waals surface area contributed by atoms with Crippen LogP contribution in [0.2, 0.25) is 0 Å². The molecule has 0 unspecified atom stereocenters. The molecule has 14 heavy (non-hydrogen) atoms. The summed E-state index contributed by atoms with van der Waals surface area (Å²) in [5, 5.41) is 19.8. The van der Waals surface area contributed by atoms with E-state index in [0.717, 1.165) is 16.5 Å². The van der Waals surface area contributed by atoms with Crippen LogP contribution >= 0.6 is 0 Å². The minimum absolute atomic E-state index is 0.634. The molecule has 0 aliphatic carbocycles. The molecule has 0 bridgehead atoms. The fourth-order valence-corrected chi connectivity index (χ4v) is 1.41. The highest BCUT2D eigenvalue weighted by molar-refractivity contribution is 5.90. The van der Waals surface area contributed by atoms with E-state index >= 15 is 0 Å². The second-order valence-electron chi connectivity index (χ2n) is 3.10. The fourth-order valence-electron chi connectivity index (χ4n) is 1.41. The van der Waals surface area contributed by atoms with Gasteiger partial charge in [-0.3, -0.25) is 0 Å². The summed E-state index contributed by atoms with van der Waals surface area (Å²) >= 11 is 0. The van der Waals surface area contributed by atoms with Gasteiger partial charge < -0.3 is 0 Å². The summed E-state index contributed by atoms with van der Waals surface area (Å²) in [4.78, 5) is 0. The molecule has 68 valence electrons. The van der Waals surface area contributed by atoms with Crippen molar-refractivity contribution < 1.29 is 0 Å². The molecule has 2 heterocycles. The van der Waals surface area contributed by atoms with Crippen LogP contribution in [-0.4, -0.2) is 30.5 Å². The third-order valence-corrected chi connectivity index (χ3v) is 2.08. The topological polar surface area (TPSA) is 68.9 Å². The van der Waals surface area contributed by atoms with Crippen LogP contribution in [0.15, 0.2) is 18.2 Å². The molecule has 2 aromatic heterocycles. The van der Waals surface area contributed by atoms with Gasteiger partial charge in [0.1, 0.15) is 0 Å². The van der Waals surface area contributed by atoms with Crippen molar-refractivity contribution in [1.82, 2.24) is 30.5 Å². The van der Waals surface area contributed by atoms with E-state index in [4.69, 9.17) is 0 Å². The van der Waals surface area contributed by atoms with E-state index in [9.17, 15) is 0 Å². The zero-order valence-electron chi connectivity index (χ0n) is 7.42. The van der Waals surface area contributed by atoms with Crippen molar-refractivity contribution in [2.45, 2.75) is 6.92 Å². The van der Waals surface area contributed by atoms with Crippen molar-refractivity contribution in [2.24, 2.45) is 0 Å². The van der Waals surface area contributed by atoms with E-state index in [1.807, 2.05) is 25.1 Å². The first-order valence-electron chi connectivity index (χ1n) is 4.16. The van der Waals surface area contributed by atoms with Gasteiger partial charge >= 0.3 is 0 Å². The SMILES string of the molecule is Cc1ccc2c(c1)nnn1nnnc21. The number of aromatic nitrogens is 6. The van der Waals surface area contributed by atoms with Crippen molar-refractivity contribution >= 4 is 16.6 Å². The normalized spacial score (nSPS) is 11.2. The Balaban J connectivity index is 2.57. The molecule has 6 nitrogen and oxygen atoms in total. The lowest BCUT2D eigenvalue weighted by Gasteiger charge is -1.96. The second kappa shape index (κ2) is 2.44. The van der Waals surface area contributed by atoms with Crippen LogP contribution in [0.25, 0.3) is 16.6 Å². The predicted octanol–water partition coefficient (Wildman–Crippen LogP) is 0.376. The molecule has 0 aliphatic rings. The van der Waals surface area contributed by atoms with Crippen LogP contribution in [0.4, 0.5) is 0 Å². The average molecular weight is 186 g/mol. The Bertz CT molecular complexity index is 613.